The molecule has 0 saturated carbocycles. The Morgan fingerprint density at radius 2 is 2.05 bits per heavy atom. The number of morpholine rings is 1. The minimum atomic E-state index is -0.0705. The van der Waals surface area contributed by atoms with Crippen LogP contribution in [0.3, 0.4) is 0 Å². The monoisotopic (exact) mass is 294 g/mol. The van der Waals surface area contributed by atoms with Gasteiger partial charge >= 0.3 is 0 Å². The van der Waals surface area contributed by atoms with E-state index < -0.39 is 0 Å². The van der Waals surface area contributed by atoms with Crippen LogP contribution in [0.2, 0.25) is 0 Å². The maximum atomic E-state index is 6.28. The smallest absolute Gasteiger partial charge is 0.106 e. The summed E-state index contributed by atoms with van der Waals surface area (Å²) in [6, 6.07) is 14.9. The number of aromatic nitrogens is 1. The number of rotatable bonds is 3. The first kappa shape index (κ1) is 13.9. The molecule has 4 rings (SSSR count). The van der Waals surface area contributed by atoms with Crippen molar-refractivity contribution in [1.29, 1.82) is 0 Å². The van der Waals surface area contributed by atoms with Crippen LogP contribution in [0.5, 0.6) is 0 Å². The molecule has 0 radical (unpaired) electrons. The number of pyridine rings is 1. The molecular weight excluding hydrogens is 272 g/mol. The third kappa shape index (κ3) is 2.55. The summed E-state index contributed by atoms with van der Waals surface area (Å²) in [6.45, 7) is 3.93. The molecule has 3 nitrogen and oxygen atoms in total. The molecular formula is C19H22N2O. The van der Waals surface area contributed by atoms with Gasteiger partial charge in [0.25, 0.3) is 0 Å². The van der Waals surface area contributed by atoms with Crippen LogP contribution in [0, 0.1) is 0 Å². The van der Waals surface area contributed by atoms with E-state index in [0.717, 1.165) is 45.5 Å². The second-order valence-corrected chi connectivity index (χ2v) is 6.35. The second-order valence-electron chi connectivity index (χ2n) is 6.35. The van der Waals surface area contributed by atoms with Crippen LogP contribution in [-0.2, 0) is 23.2 Å². The van der Waals surface area contributed by atoms with Gasteiger partial charge in [-0.15, -0.1) is 0 Å². The summed E-state index contributed by atoms with van der Waals surface area (Å²) >= 11 is 0. The van der Waals surface area contributed by atoms with E-state index in [-0.39, 0.29) is 5.60 Å². The Kier molecular flexibility index (Phi) is 3.68. The largest absolute Gasteiger partial charge is 0.368 e. The predicted octanol–water partition coefficient (Wildman–Crippen LogP) is 2.80. The summed E-state index contributed by atoms with van der Waals surface area (Å²) in [7, 11) is 0. The molecule has 1 aromatic heterocycles. The van der Waals surface area contributed by atoms with Crippen LogP contribution in [0.4, 0.5) is 0 Å². The average molecular weight is 294 g/mol. The van der Waals surface area contributed by atoms with Gasteiger partial charge in [0.05, 0.1) is 6.61 Å². The van der Waals surface area contributed by atoms with Crippen molar-refractivity contribution in [2.24, 2.45) is 0 Å². The van der Waals surface area contributed by atoms with Crippen molar-refractivity contribution in [3.63, 3.8) is 0 Å². The average Bonchev–Trinajstić information content (AvgIpc) is 2.93. The molecule has 1 aliphatic carbocycles. The van der Waals surface area contributed by atoms with Gasteiger partial charge in [-0.1, -0.05) is 30.3 Å². The summed E-state index contributed by atoms with van der Waals surface area (Å²) in [5, 5.41) is 0. The quantitative estimate of drug-likeness (QED) is 0.870. The Morgan fingerprint density at radius 1 is 1.14 bits per heavy atom. The molecule has 1 saturated heterocycles. The molecule has 2 aromatic rings. The van der Waals surface area contributed by atoms with Gasteiger partial charge in [-0.25, -0.2) is 0 Å². The number of ether oxygens (including phenoxy) is 1. The molecule has 0 amide bonds. The van der Waals surface area contributed by atoms with E-state index >= 15 is 0 Å². The Morgan fingerprint density at radius 3 is 2.95 bits per heavy atom. The zero-order valence-corrected chi connectivity index (χ0v) is 12.9. The van der Waals surface area contributed by atoms with Gasteiger partial charge in [-0.3, -0.25) is 9.88 Å². The van der Waals surface area contributed by atoms with Crippen LogP contribution in [-0.4, -0.2) is 36.1 Å². The van der Waals surface area contributed by atoms with Crippen LogP contribution < -0.4 is 0 Å². The lowest BCUT2D eigenvalue weighted by molar-refractivity contribution is -0.113. The van der Waals surface area contributed by atoms with Crippen molar-refractivity contribution >= 4 is 0 Å². The van der Waals surface area contributed by atoms with Crippen LogP contribution in [0.1, 0.15) is 23.2 Å². The first-order chi connectivity index (χ1) is 10.9. The zero-order valence-electron chi connectivity index (χ0n) is 12.9. The lowest BCUT2D eigenvalue weighted by atomic mass is 9.93. The first-order valence-corrected chi connectivity index (χ1v) is 8.20. The number of hydrogen-bond donors (Lipinski definition) is 0. The summed E-state index contributed by atoms with van der Waals surface area (Å²) in [6.07, 6.45) is 5.15. The Bertz CT molecular complexity index is 639. The van der Waals surface area contributed by atoms with Crippen LogP contribution >= 0.6 is 0 Å². The van der Waals surface area contributed by atoms with Gasteiger partial charge in [0.15, 0.2) is 0 Å². The number of aryl methyl sites for hydroxylation is 1. The molecule has 2 heterocycles. The summed E-state index contributed by atoms with van der Waals surface area (Å²) in [5.41, 5.74) is 3.99. The molecule has 22 heavy (non-hydrogen) atoms. The van der Waals surface area contributed by atoms with E-state index in [0.29, 0.717) is 0 Å². The van der Waals surface area contributed by atoms with E-state index in [1.54, 1.807) is 0 Å². The maximum absolute atomic E-state index is 6.28. The molecule has 2 aliphatic rings. The van der Waals surface area contributed by atoms with Crippen molar-refractivity contribution in [3.05, 3.63) is 65.5 Å². The second kappa shape index (κ2) is 5.82. The third-order valence-corrected chi connectivity index (χ3v) is 4.98. The van der Waals surface area contributed by atoms with E-state index in [1.165, 1.54) is 16.8 Å². The third-order valence-electron chi connectivity index (χ3n) is 4.98. The lowest BCUT2D eigenvalue weighted by Crippen LogP contribution is -2.49. The maximum Gasteiger partial charge on any atom is 0.106 e. The van der Waals surface area contributed by atoms with Gasteiger partial charge in [0, 0.05) is 37.9 Å². The predicted molar refractivity (Wildman–Crippen MR) is 86.8 cm³/mol. The highest BCUT2D eigenvalue weighted by Gasteiger charge is 2.42. The molecule has 0 N–H and O–H groups in total. The lowest BCUT2D eigenvalue weighted by Gasteiger charge is -2.41. The van der Waals surface area contributed by atoms with Crippen molar-refractivity contribution in [1.82, 2.24) is 9.88 Å². The molecule has 1 fully saturated rings. The topological polar surface area (TPSA) is 25.4 Å². The SMILES string of the molecule is c1ccc(CCN2CCOC3(CCc4ccccc43)C2)nc1. The highest BCUT2D eigenvalue weighted by molar-refractivity contribution is 5.38. The van der Waals surface area contributed by atoms with Gasteiger partial charge in [-0.2, -0.15) is 0 Å². The number of benzene rings is 1. The van der Waals surface area contributed by atoms with E-state index in [9.17, 15) is 0 Å². The van der Waals surface area contributed by atoms with Gasteiger partial charge in [-0.05, 0) is 36.1 Å². The van der Waals surface area contributed by atoms with E-state index in [4.69, 9.17) is 4.74 Å². The highest BCUT2D eigenvalue weighted by atomic mass is 16.5. The molecule has 1 spiro atoms. The fourth-order valence-electron chi connectivity index (χ4n) is 3.83. The minimum absolute atomic E-state index is 0.0705. The standard InChI is InChI=1S/C19H22N2O/c1-2-7-18-16(5-1)8-10-19(18)15-21(13-14-22-19)12-9-17-6-3-4-11-20-17/h1-7,11H,8-10,12-15H2. The van der Waals surface area contributed by atoms with Gasteiger partial charge < -0.3 is 4.74 Å². The molecule has 1 atom stereocenters. The Hall–Kier alpha value is -1.71. The fourth-order valence-corrected chi connectivity index (χ4v) is 3.83. The van der Waals surface area contributed by atoms with Gasteiger partial charge in [0.2, 0.25) is 0 Å². The molecule has 3 heteroatoms. The van der Waals surface area contributed by atoms with Crippen LogP contribution in [0.25, 0.3) is 0 Å². The van der Waals surface area contributed by atoms with Crippen LogP contribution in [0.15, 0.2) is 48.7 Å². The molecule has 1 unspecified atom stereocenters. The van der Waals surface area contributed by atoms with E-state index in [2.05, 4.69) is 46.3 Å². The number of hydrogen-bond acceptors (Lipinski definition) is 3. The first-order valence-electron chi connectivity index (χ1n) is 8.20. The summed E-state index contributed by atoms with van der Waals surface area (Å²) < 4.78 is 6.28. The summed E-state index contributed by atoms with van der Waals surface area (Å²) in [4.78, 5) is 6.97. The minimum Gasteiger partial charge on any atom is -0.368 e. The molecule has 1 aromatic carbocycles. The molecule has 0 bridgehead atoms. The fraction of sp³-hybridized carbons (Fsp3) is 0.421. The zero-order chi connectivity index (χ0) is 14.8. The highest BCUT2D eigenvalue weighted by Crippen LogP contribution is 2.42. The summed E-state index contributed by atoms with van der Waals surface area (Å²) in [5.74, 6) is 0. The Balaban J connectivity index is 1.47. The van der Waals surface area contributed by atoms with Crippen molar-refractivity contribution in [2.45, 2.75) is 24.9 Å². The van der Waals surface area contributed by atoms with Crippen molar-refractivity contribution in [3.8, 4) is 0 Å². The normalized spacial score (nSPS) is 24.5. The Labute approximate surface area is 131 Å². The van der Waals surface area contributed by atoms with Crippen molar-refractivity contribution < 1.29 is 4.74 Å². The van der Waals surface area contributed by atoms with E-state index in [1.807, 2.05) is 12.3 Å². The molecule has 114 valence electrons. The number of fused-ring (bicyclic) bond motifs is 2. The number of nitrogens with zero attached hydrogens (tertiary/aromatic N) is 2. The van der Waals surface area contributed by atoms with Crippen molar-refractivity contribution in [2.75, 3.05) is 26.2 Å². The molecule has 1 aliphatic heterocycles. The van der Waals surface area contributed by atoms with Gasteiger partial charge in [0.1, 0.15) is 5.60 Å².